The van der Waals surface area contributed by atoms with E-state index in [0.717, 1.165) is 0 Å². The summed E-state index contributed by atoms with van der Waals surface area (Å²) < 4.78 is 27.1. The van der Waals surface area contributed by atoms with Crippen LogP contribution in [0.15, 0.2) is 30.3 Å². The summed E-state index contributed by atoms with van der Waals surface area (Å²) in [5, 5.41) is 17.3. The molecule has 0 unspecified atom stereocenters. The van der Waals surface area contributed by atoms with E-state index >= 15 is 0 Å². The zero-order valence-electron chi connectivity index (χ0n) is 17.8. The molecule has 1 atom stereocenters. The van der Waals surface area contributed by atoms with Crippen molar-refractivity contribution < 1.29 is 23.6 Å². The van der Waals surface area contributed by atoms with Crippen LogP contribution in [0.5, 0.6) is 0 Å². The van der Waals surface area contributed by atoms with Crippen molar-refractivity contribution in [2.75, 3.05) is 17.2 Å². The van der Waals surface area contributed by atoms with Crippen molar-refractivity contribution in [1.82, 2.24) is 10.8 Å². The third-order valence-corrected chi connectivity index (χ3v) is 4.82. The first kappa shape index (κ1) is 24.1. The highest BCUT2D eigenvalue weighted by atomic mass is 19.1. The van der Waals surface area contributed by atoms with Crippen LogP contribution >= 0.6 is 0 Å². The molecular formula is C22H28F2N4O3. The molecule has 0 aliphatic rings. The van der Waals surface area contributed by atoms with Crippen molar-refractivity contribution in [3.8, 4) is 0 Å². The maximum absolute atomic E-state index is 13.8. The van der Waals surface area contributed by atoms with Crippen LogP contribution in [0.3, 0.4) is 0 Å². The number of nitrogens with one attached hydrogen (secondary N) is 4. The number of halogens is 2. The van der Waals surface area contributed by atoms with E-state index in [-0.39, 0.29) is 11.6 Å². The summed E-state index contributed by atoms with van der Waals surface area (Å²) in [6.45, 7) is 5.26. The smallest absolute Gasteiger partial charge is 0.319 e. The van der Waals surface area contributed by atoms with E-state index in [4.69, 9.17) is 5.21 Å². The molecule has 3 amide bonds. The average molecular weight is 434 g/mol. The van der Waals surface area contributed by atoms with E-state index in [1.54, 1.807) is 38.4 Å². The number of urea groups is 1. The molecule has 0 saturated heterocycles. The van der Waals surface area contributed by atoms with Crippen molar-refractivity contribution in [2.24, 2.45) is 0 Å². The van der Waals surface area contributed by atoms with Crippen molar-refractivity contribution in [3.63, 3.8) is 0 Å². The number of anilines is 2. The molecule has 168 valence electrons. The maximum Gasteiger partial charge on any atom is 0.319 e. The molecule has 31 heavy (non-hydrogen) atoms. The van der Waals surface area contributed by atoms with Crippen molar-refractivity contribution >= 4 is 23.3 Å². The Hall–Kier alpha value is -3.20. The topological polar surface area (TPSA) is 102 Å². The molecular weight excluding hydrogens is 406 g/mol. The van der Waals surface area contributed by atoms with Crippen molar-refractivity contribution in [2.45, 2.75) is 46.1 Å². The Morgan fingerprint density at radius 1 is 0.968 bits per heavy atom. The Morgan fingerprint density at radius 2 is 1.61 bits per heavy atom. The lowest BCUT2D eigenvalue weighted by molar-refractivity contribution is -0.130. The fourth-order valence-corrected chi connectivity index (χ4v) is 3.15. The van der Waals surface area contributed by atoms with E-state index in [1.807, 2.05) is 0 Å². The molecule has 0 radical (unpaired) electrons. The molecule has 2 rings (SSSR count). The minimum atomic E-state index is -0.717. The van der Waals surface area contributed by atoms with Crippen LogP contribution < -0.4 is 21.4 Å². The van der Waals surface area contributed by atoms with Gasteiger partial charge in [0.1, 0.15) is 17.7 Å². The largest absolute Gasteiger partial charge is 0.374 e. The zero-order valence-corrected chi connectivity index (χ0v) is 17.8. The number of unbranched alkanes of at least 4 members (excludes halogenated alkanes) is 1. The van der Waals surface area contributed by atoms with E-state index in [2.05, 4.69) is 16.0 Å². The van der Waals surface area contributed by atoms with Gasteiger partial charge in [0, 0.05) is 17.9 Å². The summed E-state index contributed by atoms with van der Waals surface area (Å²) in [6.07, 6.45) is 1.57. The third-order valence-electron chi connectivity index (χ3n) is 4.82. The number of aryl methyl sites for hydroxylation is 3. The van der Waals surface area contributed by atoms with Gasteiger partial charge < -0.3 is 16.0 Å². The second-order valence-corrected chi connectivity index (χ2v) is 7.44. The molecule has 0 aliphatic heterocycles. The minimum absolute atomic E-state index is 0.297. The van der Waals surface area contributed by atoms with E-state index in [1.165, 1.54) is 18.2 Å². The lowest BCUT2D eigenvalue weighted by Gasteiger charge is -2.19. The van der Waals surface area contributed by atoms with Gasteiger partial charge in [-0.2, -0.15) is 0 Å². The maximum atomic E-state index is 13.8. The summed E-state index contributed by atoms with van der Waals surface area (Å²) in [4.78, 5) is 23.9. The fraction of sp³-hybridized carbons (Fsp3) is 0.364. The van der Waals surface area contributed by atoms with E-state index < -0.39 is 18.0 Å². The van der Waals surface area contributed by atoms with Crippen molar-refractivity contribution in [1.29, 1.82) is 0 Å². The molecule has 9 heteroatoms. The monoisotopic (exact) mass is 434 g/mol. The molecule has 7 nitrogen and oxygen atoms in total. The quantitative estimate of drug-likeness (QED) is 0.232. The van der Waals surface area contributed by atoms with Crippen molar-refractivity contribution in [3.05, 3.63) is 58.7 Å². The highest BCUT2D eigenvalue weighted by Crippen LogP contribution is 2.20. The first-order chi connectivity index (χ1) is 14.7. The molecule has 0 fully saturated rings. The minimum Gasteiger partial charge on any atom is -0.374 e. The fourth-order valence-electron chi connectivity index (χ4n) is 3.15. The van der Waals surface area contributed by atoms with Crippen LogP contribution in [0.2, 0.25) is 0 Å². The lowest BCUT2D eigenvalue weighted by Crippen LogP contribution is -2.38. The molecule has 0 bridgehead atoms. The summed E-state index contributed by atoms with van der Waals surface area (Å²) in [5.74, 6) is -1.24. The van der Waals surface area contributed by atoms with Crippen LogP contribution in [-0.4, -0.2) is 29.7 Å². The van der Waals surface area contributed by atoms with Gasteiger partial charge in [-0.05, 0) is 87.1 Å². The van der Waals surface area contributed by atoms with Crippen LogP contribution in [0.25, 0.3) is 0 Å². The van der Waals surface area contributed by atoms with Crippen LogP contribution in [0.1, 0.15) is 36.0 Å². The number of hydroxylamine groups is 1. The molecule has 2 aromatic carbocycles. The van der Waals surface area contributed by atoms with Gasteiger partial charge in [-0.25, -0.2) is 19.1 Å². The normalized spacial score (nSPS) is 11.5. The number of hydrogen-bond acceptors (Lipinski definition) is 4. The average Bonchev–Trinajstić information content (AvgIpc) is 2.72. The van der Waals surface area contributed by atoms with E-state index in [0.29, 0.717) is 53.9 Å². The van der Waals surface area contributed by atoms with Gasteiger partial charge in [-0.1, -0.05) is 0 Å². The van der Waals surface area contributed by atoms with E-state index in [9.17, 15) is 18.4 Å². The molecule has 0 aliphatic carbocycles. The number of amides is 3. The van der Waals surface area contributed by atoms with Crippen LogP contribution in [0, 0.1) is 32.4 Å². The molecule has 5 N–H and O–H groups in total. The second kappa shape index (κ2) is 11.3. The first-order valence-electron chi connectivity index (χ1n) is 9.99. The van der Waals surface area contributed by atoms with Gasteiger partial charge in [-0.3, -0.25) is 10.0 Å². The summed E-state index contributed by atoms with van der Waals surface area (Å²) in [5.41, 5.74) is 4.06. The second-order valence-electron chi connectivity index (χ2n) is 7.44. The number of hydrogen-bond donors (Lipinski definition) is 5. The standard InChI is InChI=1S/C22H28F2N4O3/c1-13-10-16(7-8-18(13)23)27-22(30)25-9-5-4-6-19(21(29)28-31)26-17-11-14(2)20(24)15(3)12-17/h7-8,10-12,19,26,31H,4-6,9H2,1-3H3,(H,28,29)(H2,25,27,30)/t19-/m1/s1. The number of benzene rings is 2. The highest BCUT2D eigenvalue weighted by Gasteiger charge is 2.18. The molecule has 0 spiro atoms. The number of carbonyl (C=O) groups is 2. The number of rotatable bonds is 9. The van der Waals surface area contributed by atoms with Gasteiger partial charge in [0.2, 0.25) is 0 Å². The zero-order chi connectivity index (χ0) is 23.0. The first-order valence-corrected chi connectivity index (χ1v) is 9.99. The molecule has 0 heterocycles. The Morgan fingerprint density at radius 3 is 2.23 bits per heavy atom. The van der Waals surface area contributed by atoms with Gasteiger partial charge in [0.05, 0.1) is 0 Å². The van der Waals surface area contributed by atoms with Gasteiger partial charge in [-0.15, -0.1) is 0 Å². The van der Waals surface area contributed by atoms with Gasteiger partial charge in [0.25, 0.3) is 5.91 Å². The molecule has 2 aromatic rings. The third kappa shape index (κ3) is 7.21. The van der Waals surface area contributed by atoms with Gasteiger partial charge >= 0.3 is 6.03 Å². The predicted octanol–water partition coefficient (Wildman–Crippen LogP) is 4.17. The van der Waals surface area contributed by atoms with Crippen LogP contribution in [0.4, 0.5) is 25.0 Å². The Labute approximate surface area is 180 Å². The summed E-state index contributed by atoms with van der Waals surface area (Å²) in [6, 6.07) is 6.37. The van der Waals surface area contributed by atoms with Gasteiger partial charge in [0.15, 0.2) is 0 Å². The summed E-state index contributed by atoms with van der Waals surface area (Å²) >= 11 is 0. The predicted molar refractivity (Wildman–Crippen MR) is 115 cm³/mol. The Balaban J connectivity index is 1.80. The number of carbonyl (C=O) groups excluding carboxylic acids is 2. The Kier molecular flexibility index (Phi) is 8.75. The summed E-state index contributed by atoms with van der Waals surface area (Å²) in [7, 11) is 0. The molecule has 0 aromatic heterocycles. The molecule has 0 saturated carbocycles. The van der Waals surface area contributed by atoms with Crippen LogP contribution in [-0.2, 0) is 4.79 Å². The highest BCUT2D eigenvalue weighted by molar-refractivity contribution is 5.89. The SMILES string of the molecule is Cc1cc(NC(=O)NCCCC[C@@H](Nc2cc(C)c(F)c(C)c2)C(=O)NO)ccc1F. The Bertz CT molecular complexity index is 914. The lowest BCUT2D eigenvalue weighted by atomic mass is 10.1.